The van der Waals surface area contributed by atoms with Crippen LogP contribution in [0.2, 0.25) is 0 Å². The summed E-state index contributed by atoms with van der Waals surface area (Å²) < 4.78 is 14.5. The third-order valence-electron chi connectivity index (χ3n) is 7.52. The minimum Gasteiger partial charge on any atom is -0.368 e. The Morgan fingerprint density at radius 3 is 2.71 bits per heavy atom. The van der Waals surface area contributed by atoms with Gasteiger partial charge >= 0.3 is 0 Å². The fourth-order valence-electron chi connectivity index (χ4n) is 5.55. The first-order chi connectivity index (χ1) is 15.0. The van der Waals surface area contributed by atoms with E-state index in [4.69, 9.17) is 5.73 Å². The van der Waals surface area contributed by atoms with Gasteiger partial charge < -0.3 is 11.2 Å². The third kappa shape index (κ3) is 3.32. The summed E-state index contributed by atoms with van der Waals surface area (Å²) in [7, 11) is 3.30. The van der Waals surface area contributed by atoms with Crippen molar-refractivity contribution in [3.63, 3.8) is 0 Å². The maximum Gasteiger partial charge on any atom is 0.219 e. The molecule has 4 aliphatic heterocycles. The predicted molar refractivity (Wildman–Crippen MR) is 122 cm³/mol. The minimum atomic E-state index is -0.931. The number of hydrogen-bond donors (Lipinski definition) is 4. The molecule has 31 heavy (non-hydrogen) atoms. The number of hydrogen-bond acceptors (Lipinski definition) is 10. The van der Waals surface area contributed by atoms with Gasteiger partial charge in [-0.1, -0.05) is 18.2 Å². The van der Waals surface area contributed by atoms with Gasteiger partial charge in [-0.05, 0) is 45.7 Å². The lowest BCUT2D eigenvalue weighted by Crippen LogP contribution is -2.62. The lowest BCUT2D eigenvalue weighted by molar-refractivity contribution is 0.000678. The van der Waals surface area contributed by atoms with Crippen LogP contribution in [0.4, 0.5) is 5.95 Å². The van der Waals surface area contributed by atoms with Gasteiger partial charge in [-0.15, -0.1) is 0 Å². The molecule has 0 spiro atoms. The third-order valence-corrected chi connectivity index (χ3v) is 11.1. The Hall–Kier alpha value is -1.24. The van der Waals surface area contributed by atoms with E-state index in [1.807, 2.05) is 12.4 Å². The molecule has 3 saturated heterocycles. The Balaban J connectivity index is 1.35. The van der Waals surface area contributed by atoms with E-state index < -0.39 is 10.8 Å². The van der Waals surface area contributed by atoms with E-state index in [1.54, 1.807) is 11.8 Å². The van der Waals surface area contributed by atoms with Crippen LogP contribution in [0.5, 0.6) is 0 Å². The number of nitrogens with one attached hydrogen (secondary N) is 3. The molecule has 7 unspecified atom stereocenters. The molecule has 5 heterocycles. The van der Waals surface area contributed by atoms with Crippen molar-refractivity contribution in [3.8, 4) is 0 Å². The quantitative estimate of drug-likeness (QED) is 0.514. The summed E-state index contributed by atoms with van der Waals surface area (Å²) in [6.07, 6.45) is 9.38. The number of fused-ring (bicyclic) bond motifs is 2. The molecule has 5 aliphatic rings. The lowest BCUT2D eigenvalue weighted by Gasteiger charge is -2.48. The number of thioether (sulfide) groups is 1. The summed E-state index contributed by atoms with van der Waals surface area (Å²) >= 11 is 1.78. The van der Waals surface area contributed by atoms with Crippen molar-refractivity contribution < 1.29 is 4.21 Å². The van der Waals surface area contributed by atoms with Gasteiger partial charge in [-0.3, -0.25) is 14.4 Å². The largest absolute Gasteiger partial charge is 0.368 e. The molecule has 1 aromatic heterocycles. The standard InChI is InChI=1S/C20H30N8OS2/c1-27(2)15-7-14-12-6-13(10-8-22-20(21)23-9-10)24-18-16(12)17(26-28(14)25-15)19(30-18)31(29)11-4-3-5-11/h8-9,11-16,18,24-26H,3-7H2,1-2H3,(H2,21,22,23). The molecule has 0 amide bonds. The Kier molecular flexibility index (Phi) is 5.04. The number of nitrogens with zero attached hydrogens (tertiary/aromatic N) is 4. The SMILES string of the molecule is CN(C)C1CC2C3CC(c4cnc(N)nc4)NC4SC(S(=O)C5CCC5)=C(NN2N1)C43. The highest BCUT2D eigenvalue weighted by Gasteiger charge is 2.56. The summed E-state index contributed by atoms with van der Waals surface area (Å²) in [4.78, 5) is 10.7. The Labute approximate surface area is 189 Å². The monoisotopic (exact) mass is 462 g/mol. The number of aromatic nitrogens is 2. The average molecular weight is 463 g/mol. The van der Waals surface area contributed by atoms with Gasteiger partial charge in [-0.2, -0.15) is 5.12 Å². The van der Waals surface area contributed by atoms with Gasteiger partial charge in [0.25, 0.3) is 0 Å². The summed E-state index contributed by atoms with van der Waals surface area (Å²) in [5.74, 6) is 1.10. The van der Waals surface area contributed by atoms with Gasteiger partial charge in [0.05, 0.1) is 38.3 Å². The second kappa shape index (κ2) is 7.67. The van der Waals surface area contributed by atoms with Crippen LogP contribution < -0.4 is 21.9 Å². The van der Waals surface area contributed by atoms with Crippen LogP contribution in [0.15, 0.2) is 22.3 Å². The van der Waals surface area contributed by atoms with Crippen molar-refractivity contribution in [1.82, 2.24) is 36.2 Å². The smallest absolute Gasteiger partial charge is 0.219 e. The first-order valence-corrected chi connectivity index (χ1v) is 13.2. The van der Waals surface area contributed by atoms with Crippen LogP contribution in [0.3, 0.4) is 0 Å². The van der Waals surface area contributed by atoms with Gasteiger partial charge in [-0.25, -0.2) is 15.4 Å². The zero-order chi connectivity index (χ0) is 21.3. The molecule has 168 valence electrons. The van der Waals surface area contributed by atoms with Gasteiger partial charge in [0, 0.05) is 35.2 Å². The van der Waals surface area contributed by atoms with Crippen molar-refractivity contribution in [2.24, 2.45) is 11.8 Å². The number of nitrogen functional groups attached to an aromatic ring is 1. The normalized spacial score (nSPS) is 38.5. The first kappa shape index (κ1) is 20.4. The minimum absolute atomic E-state index is 0.162. The highest BCUT2D eigenvalue weighted by molar-refractivity contribution is 8.17. The van der Waals surface area contributed by atoms with Crippen LogP contribution in [-0.2, 0) is 10.8 Å². The van der Waals surface area contributed by atoms with Crippen molar-refractivity contribution >= 4 is 28.5 Å². The molecule has 0 aromatic carbocycles. The number of hydrazine groups is 2. The lowest BCUT2D eigenvalue weighted by atomic mass is 9.74. The molecular formula is C20H30N8OS2. The van der Waals surface area contributed by atoms with E-state index in [-0.39, 0.29) is 17.6 Å². The van der Waals surface area contributed by atoms with Crippen LogP contribution in [0.1, 0.15) is 43.7 Å². The summed E-state index contributed by atoms with van der Waals surface area (Å²) in [6, 6.07) is 0.537. The Morgan fingerprint density at radius 1 is 1.26 bits per heavy atom. The molecule has 11 heteroatoms. The number of rotatable bonds is 4. The molecule has 1 aliphatic carbocycles. The van der Waals surface area contributed by atoms with E-state index in [2.05, 4.69) is 50.2 Å². The summed E-state index contributed by atoms with van der Waals surface area (Å²) in [5.41, 5.74) is 15.3. The van der Waals surface area contributed by atoms with E-state index in [0.717, 1.165) is 35.5 Å². The number of nitrogens with two attached hydrogens (primary N) is 1. The van der Waals surface area contributed by atoms with E-state index in [1.165, 1.54) is 12.1 Å². The number of piperidine rings is 1. The van der Waals surface area contributed by atoms with Crippen LogP contribution >= 0.6 is 11.8 Å². The maximum absolute atomic E-state index is 13.4. The van der Waals surface area contributed by atoms with Gasteiger partial charge in [0.2, 0.25) is 5.95 Å². The van der Waals surface area contributed by atoms with Crippen molar-refractivity contribution in [3.05, 3.63) is 27.9 Å². The summed E-state index contributed by atoms with van der Waals surface area (Å²) in [6.45, 7) is 0. The fourth-order valence-corrected chi connectivity index (χ4v) is 9.37. The Bertz CT molecular complexity index is 920. The van der Waals surface area contributed by atoms with Crippen molar-refractivity contribution in [1.29, 1.82) is 0 Å². The first-order valence-electron chi connectivity index (χ1n) is 11.1. The molecule has 5 N–H and O–H groups in total. The van der Waals surface area contributed by atoms with Crippen LogP contribution in [0, 0.1) is 11.8 Å². The molecule has 9 nitrogen and oxygen atoms in total. The topological polar surface area (TPSA) is 111 Å². The molecule has 1 aromatic rings. The highest BCUT2D eigenvalue weighted by atomic mass is 32.2. The second-order valence-corrected chi connectivity index (χ2v) is 12.6. The van der Waals surface area contributed by atoms with Crippen LogP contribution in [0.25, 0.3) is 0 Å². The summed E-state index contributed by atoms with van der Waals surface area (Å²) in [5, 5.41) is 6.56. The average Bonchev–Trinajstić information content (AvgIpc) is 3.30. The Morgan fingerprint density at radius 2 is 2.03 bits per heavy atom. The molecule has 0 radical (unpaired) electrons. The predicted octanol–water partition coefficient (Wildman–Crippen LogP) is 0.854. The van der Waals surface area contributed by atoms with Crippen molar-refractivity contribution in [2.45, 2.75) is 61.0 Å². The van der Waals surface area contributed by atoms with Crippen molar-refractivity contribution in [2.75, 3.05) is 19.8 Å². The van der Waals surface area contributed by atoms with Gasteiger partial charge in [0.1, 0.15) is 0 Å². The fraction of sp³-hybridized carbons (Fsp3) is 0.700. The van der Waals surface area contributed by atoms with E-state index in [9.17, 15) is 4.21 Å². The molecule has 6 rings (SSSR count). The molecule has 4 fully saturated rings. The van der Waals surface area contributed by atoms with Crippen LogP contribution in [-0.4, -0.2) is 61.1 Å². The molecule has 1 saturated carbocycles. The second-order valence-electron chi connectivity index (χ2n) is 9.50. The zero-order valence-electron chi connectivity index (χ0n) is 17.8. The molecular weight excluding hydrogens is 432 g/mol. The maximum atomic E-state index is 13.4. The van der Waals surface area contributed by atoms with Gasteiger partial charge in [0.15, 0.2) is 0 Å². The number of anilines is 1. The van der Waals surface area contributed by atoms with E-state index in [0.29, 0.717) is 29.1 Å². The zero-order valence-corrected chi connectivity index (χ0v) is 19.5. The van der Waals surface area contributed by atoms with E-state index >= 15 is 0 Å². The highest BCUT2D eigenvalue weighted by Crippen LogP contribution is 2.55. The molecule has 7 atom stereocenters. The molecule has 0 bridgehead atoms.